The van der Waals surface area contributed by atoms with Crippen LogP contribution in [0.2, 0.25) is 0 Å². The average molecular weight is 220 g/mol. The van der Waals surface area contributed by atoms with E-state index in [2.05, 4.69) is 13.5 Å². The Morgan fingerprint density at radius 2 is 1.93 bits per heavy atom. The van der Waals surface area contributed by atoms with Crippen LogP contribution >= 0.6 is 0 Å². The summed E-state index contributed by atoms with van der Waals surface area (Å²) in [4.78, 5) is 9.25. The molecule has 0 atom stereocenters. The van der Waals surface area contributed by atoms with Gasteiger partial charge >= 0.3 is 5.97 Å². The van der Waals surface area contributed by atoms with Crippen molar-refractivity contribution in [2.45, 2.75) is 25.2 Å². The highest BCUT2D eigenvalue weighted by molar-refractivity contribution is 6.13. The highest BCUT2D eigenvalue weighted by Crippen LogP contribution is 2.12. The third-order valence-electron chi connectivity index (χ3n) is 1.74. The molecular formula is C9H20O4Si. The first-order chi connectivity index (χ1) is 6.45. The van der Waals surface area contributed by atoms with Crippen molar-refractivity contribution in [2.75, 3.05) is 14.2 Å². The molecule has 0 aromatic heterocycles. The van der Waals surface area contributed by atoms with Crippen LogP contribution in [0.5, 0.6) is 0 Å². The summed E-state index contributed by atoms with van der Waals surface area (Å²) >= 11 is 0. The SMILES string of the molecule is C=CC(=O)O.CCCC([SiH3])(OC)OC. The van der Waals surface area contributed by atoms with Gasteiger partial charge in [0.25, 0.3) is 0 Å². The Morgan fingerprint density at radius 3 is 2.00 bits per heavy atom. The monoisotopic (exact) mass is 220 g/mol. The first-order valence-electron chi connectivity index (χ1n) is 4.41. The van der Waals surface area contributed by atoms with Gasteiger partial charge in [0.05, 0.1) is 10.2 Å². The van der Waals surface area contributed by atoms with Crippen molar-refractivity contribution >= 4 is 16.2 Å². The Kier molecular flexibility index (Phi) is 10.1. The number of carboxylic acids is 1. The summed E-state index contributed by atoms with van der Waals surface area (Å²) in [5.41, 5.74) is -0.227. The van der Waals surface area contributed by atoms with Crippen molar-refractivity contribution in [1.82, 2.24) is 0 Å². The molecular weight excluding hydrogens is 200 g/mol. The van der Waals surface area contributed by atoms with E-state index in [0.29, 0.717) is 0 Å². The molecule has 0 aromatic carbocycles. The molecule has 0 bridgehead atoms. The normalized spacial score (nSPS) is 10.2. The number of hydrogen-bond acceptors (Lipinski definition) is 3. The van der Waals surface area contributed by atoms with Crippen molar-refractivity contribution in [2.24, 2.45) is 0 Å². The van der Waals surface area contributed by atoms with E-state index in [1.54, 1.807) is 14.2 Å². The quantitative estimate of drug-likeness (QED) is 0.413. The highest BCUT2D eigenvalue weighted by Gasteiger charge is 2.19. The number of aliphatic carboxylic acids is 1. The summed E-state index contributed by atoms with van der Waals surface area (Å²) in [5, 5.41) is 7.60. The van der Waals surface area contributed by atoms with Gasteiger partial charge in [0, 0.05) is 20.3 Å². The summed E-state index contributed by atoms with van der Waals surface area (Å²) in [6.45, 7) is 5.09. The first kappa shape index (κ1) is 15.8. The minimum absolute atomic E-state index is 0.227. The Bertz CT molecular complexity index is 166. The first-order valence-corrected chi connectivity index (χ1v) is 5.41. The van der Waals surface area contributed by atoms with Gasteiger partial charge in [-0.3, -0.25) is 0 Å². The lowest BCUT2D eigenvalue weighted by Crippen LogP contribution is -2.33. The standard InChI is InChI=1S/C6H16O2Si.C3H4O2/c1-4-5-6(9,7-2)8-3;1-2-3(4)5/h4-5H2,1-3,9H3;2H,1H2,(H,4,5). The molecule has 1 N–H and O–H groups in total. The van der Waals surface area contributed by atoms with E-state index in [0.717, 1.165) is 29.2 Å². The molecule has 84 valence electrons. The summed E-state index contributed by atoms with van der Waals surface area (Å²) in [7, 11) is 4.34. The Labute approximate surface area is 88.3 Å². The molecule has 14 heavy (non-hydrogen) atoms. The Morgan fingerprint density at radius 1 is 1.57 bits per heavy atom. The van der Waals surface area contributed by atoms with Crippen LogP contribution < -0.4 is 0 Å². The van der Waals surface area contributed by atoms with Crippen LogP contribution in [0, 0.1) is 0 Å². The molecule has 0 fully saturated rings. The molecule has 0 spiro atoms. The smallest absolute Gasteiger partial charge is 0.327 e. The molecule has 0 radical (unpaired) electrons. The number of methoxy groups -OCH3 is 2. The van der Waals surface area contributed by atoms with Crippen LogP contribution in [0.15, 0.2) is 12.7 Å². The van der Waals surface area contributed by atoms with E-state index in [9.17, 15) is 4.79 Å². The lowest BCUT2D eigenvalue weighted by atomic mass is 10.3. The van der Waals surface area contributed by atoms with E-state index < -0.39 is 5.97 Å². The van der Waals surface area contributed by atoms with E-state index in [1.165, 1.54) is 0 Å². The molecule has 0 saturated carbocycles. The van der Waals surface area contributed by atoms with Gasteiger partial charge < -0.3 is 14.6 Å². The fourth-order valence-corrected chi connectivity index (χ4v) is 1.24. The second-order valence-electron chi connectivity index (χ2n) is 2.83. The van der Waals surface area contributed by atoms with Crippen molar-refractivity contribution < 1.29 is 19.4 Å². The molecule has 4 nitrogen and oxygen atoms in total. The zero-order chi connectivity index (χ0) is 11.6. The van der Waals surface area contributed by atoms with Gasteiger partial charge in [-0.05, 0) is 6.42 Å². The molecule has 0 unspecified atom stereocenters. The Balaban J connectivity index is 0. The molecule has 0 aliphatic carbocycles. The van der Waals surface area contributed by atoms with Gasteiger partial charge in [0.15, 0.2) is 0 Å². The summed E-state index contributed by atoms with van der Waals surface area (Å²) in [6, 6.07) is 0. The second kappa shape index (κ2) is 8.92. The van der Waals surface area contributed by atoms with Crippen LogP contribution in [0.1, 0.15) is 19.8 Å². The maximum Gasteiger partial charge on any atom is 0.327 e. The van der Waals surface area contributed by atoms with Gasteiger partial charge in [-0.15, -0.1) is 0 Å². The van der Waals surface area contributed by atoms with Crippen molar-refractivity contribution in [3.05, 3.63) is 12.7 Å². The predicted octanol–water partition coefficient (Wildman–Crippen LogP) is 0.355. The van der Waals surface area contributed by atoms with E-state index in [1.807, 2.05) is 0 Å². The third kappa shape index (κ3) is 9.44. The molecule has 0 aromatic rings. The predicted molar refractivity (Wildman–Crippen MR) is 59.4 cm³/mol. The topological polar surface area (TPSA) is 55.8 Å². The number of ether oxygens (including phenoxy) is 2. The molecule has 0 aliphatic rings. The molecule has 0 heterocycles. The minimum Gasteiger partial charge on any atom is -0.478 e. The van der Waals surface area contributed by atoms with Crippen LogP contribution in [-0.2, 0) is 14.3 Å². The van der Waals surface area contributed by atoms with Gasteiger partial charge in [-0.2, -0.15) is 0 Å². The van der Waals surface area contributed by atoms with Crippen molar-refractivity contribution in [3.63, 3.8) is 0 Å². The molecule has 0 amide bonds. The van der Waals surface area contributed by atoms with Crippen LogP contribution in [0.4, 0.5) is 0 Å². The number of carboxylic acid groups (broad SMARTS) is 1. The van der Waals surface area contributed by atoms with Crippen LogP contribution in [0.25, 0.3) is 0 Å². The fraction of sp³-hybridized carbons (Fsp3) is 0.667. The summed E-state index contributed by atoms with van der Waals surface area (Å²) in [6.07, 6.45) is 2.96. The maximum absolute atomic E-state index is 9.25. The molecule has 0 rings (SSSR count). The molecule has 0 aliphatic heterocycles. The van der Waals surface area contributed by atoms with Gasteiger partial charge in [-0.25, -0.2) is 4.79 Å². The number of rotatable bonds is 5. The average Bonchev–Trinajstić information content (AvgIpc) is 2.19. The third-order valence-corrected chi connectivity index (χ3v) is 3.06. The number of hydrogen-bond donors (Lipinski definition) is 1. The zero-order valence-electron chi connectivity index (χ0n) is 9.37. The summed E-state index contributed by atoms with van der Waals surface area (Å²) in [5.74, 6) is -0.981. The Hall–Kier alpha value is -0.653. The lowest BCUT2D eigenvalue weighted by molar-refractivity contribution is -0.146. The lowest BCUT2D eigenvalue weighted by Gasteiger charge is -2.25. The number of carbonyl (C=O) groups is 1. The highest BCUT2D eigenvalue weighted by atomic mass is 28.1. The van der Waals surface area contributed by atoms with E-state index in [4.69, 9.17) is 14.6 Å². The van der Waals surface area contributed by atoms with Crippen LogP contribution in [-0.4, -0.2) is 40.9 Å². The summed E-state index contributed by atoms with van der Waals surface area (Å²) < 4.78 is 10.3. The van der Waals surface area contributed by atoms with Crippen molar-refractivity contribution in [3.8, 4) is 0 Å². The molecule has 0 saturated heterocycles. The van der Waals surface area contributed by atoms with E-state index >= 15 is 0 Å². The second-order valence-corrected chi connectivity index (χ2v) is 4.36. The zero-order valence-corrected chi connectivity index (χ0v) is 11.4. The van der Waals surface area contributed by atoms with Gasteiger partial charge in [0.1, 0.15) is 5.41 Å². The minimum atomic E-state index is -0.981. The van der Waals surface area contributed by atoms with Gasteiger partial charge in [0.2, 0.25) is 0 Å². The van der Waals surface area contributed by atoms with Crippen molar-refractivity contribution in [1.29, 1.82) is 0 Å². The van der Waals surface area contributed by atoms with Gasteiger partial charge in [-0.1, -0.05) is 19.9 Å². The largest absolute Gasteiger partial charge is 0.478 e. The van der Waals surface area contributed by atoms with E-state index in [-0.39, 0.29) is 5.41 Å². The molecule has 5 heteroatoms. The maximum atomic E-state index is 9.25. The van der Waals surface area contributed by atoms with Crippen LogP contribution in [0.3, 0.4) is 0 Å². The fourth-order valence-electron chi connectivity index (χ4n) is 0.742.